The highest BCUT2D eigenvalue weighted by molar-refractivity contribution is 5.50. The topological polar surface area (TPSA) is 83.8 Å². The van der Waals surface area contributed by atoms with Gasteiger partial charge < -0.3 is 15.5 Å². The van der Waals surface area contributed by atoms with Crippen LogP contribution in [0.4, 0.5) is 26.5 Å². The molecular weight excluding hydrogens is 438 g/mol. The Bertz CT molecular complexity index is 1170. The second kappa shape index (κ2) is 9.25. The fourth-order valence-electron chi connectivity index (χ4n) is 4.43. The smallest absolute Gasteiger partial charge is 0.233 e. The van der Waals surface area contributed by atoms with E-state index in [1.165, 1.54) is 12.1 Å². The van der Waals surface area contributed by atoms with Gasteiger partial charge in [-0.05, 0) is 65.7 Å². The number of nitrogens with zero attached hydrogens (tertiary/aromatic N) is 6. The van der Waals surface area contributed by atoms with Gasteiger partial charge in [-0.2, -0.15) is 20.1 Å². The molecule has 0 spiro atoms. The van der Waals surface area contributed by atoms with Crippen LogP contribution in [0.2, 0.25) is 0 Å². The fraction of sp³-hybridized carbons (Fsp3) is 0.500. The molecule has 3 aromatic rings. The highest BCUT2D eigenvalue weighted by Crippen LogP contribution is 2.39. The minimum absolute atomic E-state index is 0.306. The van der Waals surface area contributed by atoms with Crippen molar-refractivity contribution < 1.29 is 8.78 Å². The quantitative estimate of drug-likeness (QED) is 0.519. The standard InChI is InChI=1S/C24H30F2N8/c1-14-12-21(32-34(14)18-8-10-33(3)11-9-18)28-24-30-22(16-4-5-16)29-23(31-24)27-15(2)19-7-6-17(25)13-20(19)26/h6-7,12-13,15-16,18H,4-5,8-11H2,1-3H3,(H2,27,28,29,30,31,32). The van der Waals surface area contributed by atoms with Gasteiger partial charge in [0.1, 0.15) is 17.5 Å². The molecule has 0 bridgehead atoms. The maximum atomic E-state index is 14.2. The molecule has 1 aliphatic carbocycles. The van der Waals surface area contributed by atoms with Gasteiger partial charge in [0.05, 0.1) is 12.1 Å². The summed E-state index contributed by atoms with van der Waals surface area (Å²) in [6.45, 7) is 5.97. The van der Waals surface area contributed by atoms with E-state index in [0.717, 1.165) is 50.5 Å². The zero-order valence-electron chi connectivity index (χ0n) is 19.7. The van der Waals surface area contributed by atoms with Gasteiger partial charge in [0.2, 0.25) is 11.9 Å². The van der Waals surface area contributed by atoms with Crippen molar-refractivity contribution in [3.8, 4) is 0 Å². The Morgan fingerprint density at radius 1 is 1.00 bits per heavy atom. The van der Waals surface area contributed by atoms with E-state index in [2.05, 4.69) is 49.1 Å². The molecule has 2 aliphatic rings. The number of aryl methyl sites for hydroxylation is 1. The minimum atomic E-state index is -0.607. The van der Waals surface area contributed by atoms with E-state index in [0.29, 0.717) is 41.1 Å². The van der Waals surface area contributed by atoms with Crippen molar-refractivity contribution in [2.75, 3.05) is 30.8 Å². The monoisotopic (exact) mass is 468 g/mol. The van der Waals surface area contributed by atoms with Gasteiger partial charge in [-0.1, -0.05) is 6.07 Å². The molecule has 10 heteroatoms. The third kappa shape index (κ3) is 5.01. The van der Waals surface area contributed by atoms with Crippen LogP contribution in [0.1, 0.15) is 67.7 Å². The summed E-state index contributed by atoms with van der Waals surface area (Å²) in [7, 11) is 2.15. The van der Waals surface area contributed by atoms with Crippen molar-refractivity contribution in [2.24, 2.45) is 0 Å². The van der Waals surface area contributed by atoms with Gasteiger partial charge in [0, 0.05) is 29.3 Å². The molecule has 3 heterocycles. The van der Waals surface area contributed by atoms with E-state index in [1.54, 1.807) is 6.92 Å². The number of rotatable bonds is 7. The molecule has 1 aromatic carbocycles. The summed E-state index contributed by atoms with van der Waals surface area (Å²) >= 11 is 0. The summed E-state index contributed by atoms with van der Waals surface area (Å²) in [4.78, 5) is 16.0. The minimum Gasteiger partial charge on any atom is -0.347 e. The maximum Gasteiger partial charge on any atom is 0.233 e. The van der Waals surface area contributed by atoms with Crippen molar-refractivity contribution >= 4 is 17.7 Å². The first-order chi connectivity index (χ1) is 16.4. The van der Waals surface area contributed by atoms with Crippen LogP contribution >= 0.6 is 0 Å². The largest absolute Gasteiger partial charge is 0.347 e. The molecule has 1 saturated heterocycles. The summed E-state index contributed by atoms with van der Waals surface area (Å²) < 4.78 is 29.6. The van der Waals surface area contributed by atoms with Crippen molar-refractivity contribution in [1.82, 2.24) is 29.6 Å². The number of piperidine rings is 1. The Kier molecular flexibility index (Phi) is 6.16. The molecule has 34 heavy (non-hydrogen) atoms. The van der Waals surface area contributed by atoms with Gasteiger partial charge in [0.25, 0.3) is 0 Å². The molecule has 1 aliphatic heterocycles. The van der Waals surface area contributed by atoms with E-state index >= 15 is 0 Å². The van der Waals surface area contributed by atoms with Crippen molar-refractivity contribution in [2.45, 2.75) is 57.5 Å². The van der Waals surface area contributed by atoms with Gasteiger partial charge in [-0.25, -0.2) is 8.78 Å². The highest BCUT2D eigenvalue weighted by Gasteiger charge is 2.28. The summed E-state index contributed by atoms with van der Waals surface area (Å²) in [6.07, 6.45) is 4.22. The molecule has 8 nitrogen and oxygen atoms in total. The lowest BCUT2D eigenvalue weighted by Gasteiger charge is -2.29. The Hall–Kier alpha value is -3.14. The fourth-order valence-corrected chi connectivity index (χ4v) is 4.43. The predicted molar refractivity (Wildman–Crippen MR) is 126 cm³/mol. The molecule has 0 amide bonds. The van der Waals surface area contributed by atoms with Crippen LogP contribution < -0.4 is 10.6 Å². The predicted octanol–water partition coefficient (Wildman–Crippen LogP) is 4.72. The van der Waals surface area contributed by atoms with Gasteiger partial charge in [-0.15, -0.1) is 0 Å². The molecule has 0 radical (unpaired) electrons. The molecule has 1 unspecified atom stereocenters. The summed E-state index contributed by atoms with van der Waals surface area (Å²) in [5, 5.41) is 11.2. The molecule has 180 valence electrons. The third-order valence-corrected chi connectivity index (χ3v) is 6.57. The van der Waals surface area contributed by atoms with Crippen LogP contribution in [0, 0.1) is 18.6 Å². The number of hydrogen-bond donors (Lipinski definition) is 2. The van der Waals surface area contributed by atoms with E-state index in [9.17, 15) is 8.78 Å². The number of halogens is 2. The van der Waals surface area contributed by atoms with Gasteiger partial charge in [-0.3, -0.25) is 4.68 Å². The highest BCUT2D eigenvalue weighted by atomic mass is 19.1. The first-order valence-electron chi connectivity index (χ1n) is 11.8. The van der Waals surface area contributed by atoms with E-state index in [1.807, 2.05) is 6.07 Å². The van der Waals surface area contributed by atoms with Crippen LogP contribution in [-0.2, 0) is 0 Å². The van der Waals surface area contributed by atoms with Crippen molar-refractivity contribution in [3.63, 3.8) is 0 Å². The lowest BCUT2D eigenvalue weighted by molar-refractivity contribution is 0.211. The van der Waals surface area contributed by atoms with E-state index < -0.39 is 17.7 Å². The first kappa shape index (κ1) is 22.6. The maximum absolute atomic E-state index is 14.2. The lowest BCUT2D eigenvalue weighted by Crippen LogP contribution is -2.32. The molecule has 2 fully saturated rings. The molecule has 2 aromatic heterocycles. The number of benzene rings is 1. The summed E-state index contributed by atoms with van der Waals surface area (Å²) in [5.41, 5.74) is 1.43. The number of likely N-dealkylation sites (tertiary alicyclic amines) is 1. The van der Waals surface area contributed by atoms with E-state index in [4.69, 9.17) is 5.10 Å². The molecule has 5 rings (SSSR count). The van der Waals surface area contributed by atoms with Crippen LogP contribution in [0.15, 0.2) is 24.3 Å². The average molecular weight is 469 g/mol. The molecule has 2 N–H and O–H groups in total. The van der Waals surface area contributed by atoms with E-state index in [-0.39, 0.29) is 0 Å². The molecular formula is C24H30F2N8. The normalized spacial score (nSPS) is 18.1. The second-order valence-electron chi connectivity index (χ2n) is 9.42. The molecule has 1 saturated carbocycles. The first-order valence-corrected chi connectivity index (χ1v) is 11.8. The summed E-state index contributed by atoms with van der Waals surface area (Å²) in [5.74, 6) is 1.24. The number of anilines is 3. The SMILES string of the molecule is Cc1cc(Nc2nc(NC(C)c3ccc(F)cc3F)nc(C3CC3)n2)nn1C1CCN(C)CC1. The summed E-state index contributed by atoms with van der Waals surface area (Å²) in [6, 6.07) is 5.50. The van der Waals surface area contributed by atoms with Crippen molar-refractivity contribution in [1.29, 1.82) is 0 Å². The van der Waals surface area contributed by atoms with Gasteiger partial charge in [0.15, 0.2) is 5.82 Å². The Morgan fingerprint density at radius 3 is 2.44 bits per heavy atom. The van der Waals surface area contributed by atoms with Crippen LogP contribution in [0.25, 0.3) is 0 Å². The number of aromatic nitrogens is 5. The average Bonchev–Trinajstić information content (AvgIpc) is 3.57. The van der Waals surface area contributed by atoms with Crippen molar-refractivity contribution in [3.05, 3.63) is 53.0 Å². The zero-order valence-corrected chi connectivity index (χ0v) is 19.7. The van der Waals surface area contributed by atoms with Crippen LogP contribution in [0.5, 0.6) is 0 Å². The number of nitrogens with one attached hydrogen (secondary N) is 2. The Balaban J connectivity index is 1.36. The van der Waals surface area contributed by atoms with Gasteiger partial charge >= 0.3 is 0 Å². The van der Waals surface area contributed by atoms with Crippen LogP contribution in [-0.4, -0.2) is 49.8 Å². The van der Waals surface area contributed by atoms with Crippen LogP contribution in [0.3, 0.4) is 0 Å². The lowest BCUT2D eigenvalue weighted by atomic mass is 10.1. The Labute approximate surface area is 197 Å². The zero-order chi connectivity index (χ0) is 23.8. The molecule has 1 atom stereocenters. The third-order valence-electron chi connectivity index (χ3n) is 6.57. The second-order valence-corrected chi connectivity index (χ2v) is 9.42. The number of hydrogen-bond acceptors (Lipinski definition) is 7. The Morgan fingerprint density at radius 2 is 1.74 bits per heavy atom.